The summed E-state index contributed by atoms with van der Waals surface area (Å²) in [4.78, 5) is 38.9. The summed E-state index contributed by atoms with van der Waals surface area (Å²) in [5.41, 5.74) is 1.67. The third-order valence-electron chi connectivity index (χ3n) is 5.89. The molecule has 0 spiro atoms. The summed E-state index contributed by atoms with van der Waals surface area (Å²) in [6.45, 7) is 2.05. The van der Waals surface area contributed by atoms with Crippen LogP contribution in [-0.2, 0) is 28.2 Å². The average Bonchev–Trinajstić information content (AvgIpc) is 3.49. The van der Waals surface area contributed by atoms with Gasteiger partial charge in [-0.1, -0.05) is 11.3 Å². The Bertz CT molecular complexity index is 1220. The molecular formula is C22H21N5O4S. The number of thiophene rings is 1. The third kappa shape index (κ3) is 3.61. The summed E-state index contributed by atoms with van der Waals surface area (Å²) in [6, 6.07) is 8.50. The fourth-order valence-corrected chi connectivity index (χ4v) is 5.02. The number of imide groups is 1. The quantitative estimate of drug-likeness (QED) is 0.569. The number of nitrogens with zero attached hydrogens (tertiary/aromatic N) is 4. The Hall–Kier alpha value is -3.37. The minimum Gasteiger partial charge on any atom is -0.384 e. The molecule has 32 heavy (non-hydrogen) atoms. The van der Waals surface area contributed by atoms with E-state index in [-0.39, 0.29) is 18.2 Å². The van der Waals surface area contributed by atoms with Crippen molar-refractivity contribution in [3.05, 3.63) is 63.6 Å². The molecule has 0 saturated carbocycles. The van der Waals surface area contributed by atoms with Crippen molar-refractivity contribution in [3.63, 3.8) is 0 Å². The molecule has 3 amide bonds. The molecule has 2 unspecified atom stereocenters. The number of piperidine rings is 1. The average molecular weight is 452 g/mol. The molecule has 0 aliphatic carbocycles. The van der Waals surface area contributed by atoms with Crippen molar-refractivity contribution in [1.82, 2.24) is 25.2 Å². The van der Waals surface area contributed by atoms with Crippen LogP contribution in [0.1, 0.15) is 46.3 Å². The maximum Gasteiger partial charge on any atom is 0.255 e. The largest absolute Gasteiger partial charge is 0.384 e. The van der Waals surface area contributed by atoms with E-state index in [0.717, 1.165) is 16.1 Å². The Morgan fingerprint density at radius 2 is 2.12 bits per heavy atom. The summed E-state index contributed by atoms with van der Waals surface area (Å²) < 4.78 is 1.61. The number of aromatic nitrogens is 3. The van der Waals surface area contributed by atoms with Crippen LogP contribution in [0.25, 0.3) is 5.69 Å². The lowest BCUT2D eigenvalue weighted by Crippen LogP contribution is -2.52. The van der Waals surface area contributed by atoms with Crippen LogP contribution >= 0.6 is 11.3 Å². The van der Waals surface area contributed by atoms with Crippen LogP contribution in [0, 0.1) is 0 Å². The van der Waals surface area contributed by atoms with Crippen molar-refractivity contribution in [2.45, 2.75) is 44.4 Å². The highest BCUT2D eigenvalue weighted by molar-refractivity contribution is 7.10. The topological polar surface area (TPSA) is 117 Å². The molecule has 4 heterocycles. The first kappa shape index (κ1) is 20.5. The van der Waals surface area contributed by atoms with Crippen molar-refractivity contribution in [2.24, 2.45) is 0 Å². The van der Waals surface area contributed by atoms with E-state index < -0.39 is 17.6 Å². The van der Waals surface area contributed by atoms with Gasteiger partial charge < -0.3 is 10.0 Å². The van der Waals surface area contributed by atoms with Gasteiger partial charge in [-0.25, -0.2) is 4.68 Å². The third-order valence-corrected chi connectivity index (χ3v) is 7.01. The zero-order valence-electron chi connectivity index (χ0n) is 17.3. The smallest absolute Gasteiger partial charge is 0.255 e. The number of benzene rings is 1. The van der Waals surface area contributed by atoms with E-state index in [1.54, 1.807) is 29.9 Å². The van der Waals surface area contributed by atoms with E-state index >= 15 is 0 Å². The Morgan fingerprint density at radius 1 is 1.28 bits per heavy atom. The van der Waals surface area contributed by atoms with E-state index in [2.05, 4.69) is 15.6 Å². The number of rotatable bonds is 5. The zero-order valence-corrected chi connectivity index (χ0v) is 18.1. The summed E-state index contributed by atoms with van der Waals surface area (Å²) in [5, 5.41) is 23.4. The van der Waals surface area contributed by atoms with E-state index in [0.29, 0.717) is 30.6 Å². The van der Waals surface area contributed by atoms with Crippen molar-refractivity contribution >= 4 is 29.1 Å². The molecule has 0 bridgehead atoms. The van der Waals surface area contributed by atoms with E-state index in [9.17, 15) is 19.5 Å². The first-order valence-corrected chi connectivity index (χ1v) is 11.2. The van der Waals surface area contributed by atoms with Crippen LogP contribution in [0.3, 0.4) is 0 Å². The summed E-state index contributed by atoms with van der Waals surface area (Å²) in [6.07, 6.45) is 2.63. The molecule has 3 aromatic rings. The number of fused-ring (bicyclic) bond motifs is 1. The molecule has 2 N–H and O–H groups in total. The lowest BCUT2D eigenvalue weighted by Gasteiger charge is -2.29. The molecule has 9 nitrogen and oxygen atoms in total. The molecule has 10 heteroatoms. The van der Waals surface area contributed by atoms with Crippen LogP contribution < -0.4 is 5.32 Å². The van der Waals surface area contributed by atoms with Gasteiger partial charge in [0.1, 0.15) is 11.6 Å². The van der Waals surface area contributed by atoms with Gasteiger partial charge in [0.25, 0.3) is 5.91 Å². The van der Waals surface area contributed by atoms with Crippen molar-refractivity contribution < 1.29 is 19.5 Å². The highest BCUT2D eigenvalue weighted by Crippen LogP contribution is 2.30. The number of carbonyl (C=O) groups excluding carboxylic acids is 3. The fourth-order valence-electron chi connectivity index (χ4n) is 4.23. The Labute approximate surface area is 187 Å². The molecular weight excluding hydrogens is 430 g/mol. The standard InChI is InChI=1S/C22H21N5O4S/c1-22(31,18-3-2-8-32-18)10-14-12-27(25-24-14)15-4-5-16-13(9-15)11-26(21(16)30)17-6-7-19(28)23-20(17)29/h2-5,8-9,12,17,31H,6-7,10-11H2,1H3,(H,23,28,29). The normalized spacial score (nSPS) is 20.2. The summed E-state index contributed by atoms with van der Waals surface area (Å²) in [5.74, 6) is -0.952. The lowest BCUT2D eigenvalue weighted by molar-refractivity contribution is -0.136. The van der Waals surface area contributed by atoms with Gasteiger partial charge in [-0.2, -0.15) is 0 Å². The first-order valence-electron chi connectivity index (χ1n) is 10.3. The number of nitrogens with one attached hydrogen (secondary N) is 1. The van der Waals surface area contributed by atoms with Crippen LogP contribution in [0.5, 0.6) is 0 Å². The molecule has 5 rings (SSSR count). The van der Waals surface area contributed by atoms with Gasteiger partial charge in [0, 0.05) is 29.8 Å². The van der Waals surface area contributed by atoms with Crippen LogP contribution in [0.4, 0.5) is 0 Å². The Kier molecular flexibility index (Phi) is 4.90. The molecule has 1 aromatic carbocycles. The second-order valence-corrected chi connectivity index (χ2v) is 9.27. The maximum atomic E-state index is 12.8. The van der Waals surface area contributed by atoms with Crippen molar-refractivity contribution in [3.8, 4) is 5.69 Å². The van der Waals surface area contributed by atoms with Gasteiger partial charge in [0.15, 0.2) is 0 Å². The minimum absolute atomic E-state index is 0.215. The van der Waals surface area contributed by atoms with Gasteiger partial charge >= 0.3 is 0 Å². The highest BCUT2D eigenvalue weighted by atomic mass is 32.1. The first-order chi connectivity index (χ1) is 15.3. The number of hydrogen-bond donors (Lipinski definition) is 2. The minimum atomic E-state index is -1.04. The second-order valence-electron chi connectivity index (χ2n) is 8.32. The van der Waals surface area contributed by atoms with Crippen LogP contribution in [0.2, 0.25) is 0 Å². The zero-order chi connectivity index (χ0) is 22.5. The predicted molar refractivity (Wildman–Crippen MR) is 115 cm³/mol. The van der Waals surface area contributed by atoms with E-state index in [1.807, 2.05) is 23.6 Å². The van der Waals surface area contributed by atoms with Gasteiger partial charge in [-0.3, -0.25) is 19.7 Å². The predicted octanol–water partition coefficient (Wildman–Crippen LogP) is 1.54. The fraction of sp³-hybridized carbons (Fsp3) is 0.318. The molecule has 2 aliphatic heterocycles. The van der Waals surface area contributed by atoms with Gasteiger partial charge in [-0.05, 0) is 48.6 Å². The van der Waals surface area contributed by atoms with Crippen molar-refractivity contribution in [1.29, 1.82) is 0 Å². The number of amides is 3. The van der Waals surface area contributed by atoms with Crippen LogP contribution in [0.15, 0.2) is 41.9 Å². The van der Waals surface area contributed by atoms with E-state index in [4.69, 9.17) is 0 Å². The van der Waals surface area contributed by atoms with E-state index in [1.165, 1.54) is 16.2 Å². The number of aliphatic hydroxyl groups is 1. The summed E-state index contributed by atoms with van der Waals surface area (Å²) in [7, 11) is 0. The molecule has 1 fully saturated rings. The van der Waals surface area contributed by atoms with Gasteiger partial charge in [-0.15, -0.1) is 16.4 Å². The molecule has 2 aliphatic rings. The summed E-state index contributed by atoms with van der Waals surface area (Å²) >= 11 is 1.49. The van der Waals surface area contributed by atoms with Crippen LogP contribution in [-0.4, -0.2) is 48.8 Å². The molecule has 164 valence electrons. The molecule has 1 saturated heterocycles. The second kappa shape index (κ2) is 7.64. The molecule has 2 aromatic heterocycles. The molecule has 0 radical (unpaired) electrons. The number of carbonyl (C=O) groups is 3. The highest BCUT2D eigenvalue weighted by Gasteiger charge is 2.39. The van der Waals surface area contributed by atoms with Gasteiger partial charge in [0.2, 0.25) is 11.8 Å². The van der Waals surface area contributed by atoms with Crippen molar-refractivity contribution in [2.75, 3.05) is 0 Å². The van der Waals surface area contributed by atoms with Gasteiger partial charge in [0.05, 0.1) is 17.6 Å². The Balaban J connectivity index is 1.35. The Morgan fingerprint density at radius 3 is 2.88 bits per heavy atom. The SMILES string of the molecule is CC(O)(Cc1cn(-c2ccc3c(c2)CN(C2CCC(=O)NC2=O)C3=O)nn1)c1cccs1. The monoisotopic (exact) mass is 451 g/mol. The lowest BCUT2D eigenvalue weighted by atomic mass is 9.99. The maximum absolute atomic E-state index is 12.8. The molecule has 2 atom stereocenters. The number of hydrogen-bond acceptors (Lipinski definition) is 7.